The summed E-state index contributed by atoms with van der Waals surface area (Å²) in [5, 5.41) is 14.8. The Morgan fingerprint density at radius 1 is 1.31 bits per heavy atom. The second kappa shape index (κ2) is 9.54. The van der Waals surface area contributed by atoms with Crippen molar-refractivity contribution in [1.82, 2.24) is 15.2 Å². The van der Waals surface area contributed by atoms with Gasteiger partial charge in [0, 0.05) is 24.0 Å². The van der Waals surface area contributed by atoms with Crippen molar-refractivity contribution >= 4 is 29.3 Å². The van der Waals surface area contributed by atoms with Crippen molar-refractivity contribution in [3.8, 4) is 0 Å². The molecule has 0 amide bonds. The van der Waals surface area contributed by atoms with Gasteiger partial charge in [0.15, 0.2) is 16.6 Å². The molecule has 3 heterocycles. The first-order chi connectivity index (χ1) is 16.9. The molecule has 0 spiro atoms. The number of aromatic nitrogens is 1. The molecule has 9 nitrogen and oxygen atoms in total. The summed E-state index contributed by atoms with van der Waals surface area (Å²) in [7, 11) is 1.10. The van der Waals surface area contributed by atoms with Gasteiger partial charge in [-0.2, -0.15) is 0 Å². The summed E-state index contributed by atoms with van der Waals surface area (Å²) < 4.78 is 52.3. The number of methoxy groups -OCH3 is 1. The molecule has 0 saturated carbocycles. The van der Waals surface area contributed by atoms with E-state index in [2.05, 4.69) is 15.0 Å². The van der Waals surface area contributed by atoms with Gasteiger partial charge in [0.2, 0.25) is 0 Å². The molecule has 0 aliphatic carbocycles. The number of carboxylic acid groups (broad SMARTS) is 1. The van der Waals surface area contributed by atoms with E-state index < -0.39 is 48.4 Å². The number of thiazole rings is 1. The van der Waals surface area contributed by atoms with E-state index in [9.17, 15) is 27.9 Å². The molecular formula is C23H23F3N4O5S. The monoisotopic (exact) mass is 524 g/mol. The van der Waals surface area contributed by atoms with E-state index in [1.807, 2.05) is 0 Å². The zero-order valence-electron chi connectivity index (χ0n) is 19.5. The second-order valence-electron chi connectivity index (χ2n) is 8.64. The molecule has 1 aromatic heterocycles. The van der Waals surface area contributed by atoms with Crippen LogP contribution in [-0.2, 0) is 19.8 Å². The Bertz CT molecular complexity index is 1250. The minimum absolute atomic E-state index is 0.0997. The number of ether oxygens (including phenoxy) is 2. The average molecular weight is 525 g/mol. The van der Waals surface area contributed by atoms with E-state index in [4.69, 9.17) is 9.73 Å². The van der Waals surface area contributed by atoms with E-state index in [0.717, 1.165) is 17.7 Å². The Morgan fingerprint density at radius 2 is 2.00 bits per heavy atom. The van der Waals surface area contributed by atoms with Gasteiger partial charge in [-0.15, -0.1) is 11.3 Å². The highest BCUT2D eigenvalue weighted by Crippen LogP contribution is 2.40. The smallest absolute Gasteiger partial charge is 0.480 e. The average Bonchev–Trinajstić information content (AvgIpc) is 3.38. The van der Waals surface area contributed by atoms with Crippen LogP contribution in [0.1, 0.15) is 29.6 Å². The number of carboxylic acids is 1. The third kappa shape index (κ3) is 5.07. The quantitative estimate of drug-likeness (QED) is 0.551. The lowest BCUT2D eigenvalue weighted by atomic mass is 9.88. The van der Waals surface area contributed by atoms with Gasteiger partial charge in [-0.1, -0.05) is 12.1 Å². The molecule has 0 radical (unpaired) electrons. The maximum absolute atomic E-state index is 14.2. The van der Waals surface area contributed by atoms with Gasteiger partial charge in [-0.3, -0.25) is 9.69 Å². The van der Waals surface area contributed by atoms with Crippen LogP contribution in [-0.4, -0.2) is 65.1 Å². The molecule has 0 bridgehead atoms. The molecule has 2 aromatic rings. The Morgan fingerprint density at radius 3 is 2.58 bits per heavy atom. The molecule has 4 rings (SSSR count). The van der Waals surface area contributed by atoms with Gasteiger partial charge in [0.1, 0.15) is 17.4 Å². The van der Waals surface area contributed by atoms with Gasteiger partial charge in [-0.25, -0.2) is 27.9 Å². The Hall–Kier alpha value is -3.45. The summed E-state index contributed by atoms with van der Waals surface area (Å²) in [5.41, 5.74) is -0.184. The minimum Gasteiger partial charge on any atom is -0.480 e. The number of rotatable bonds is 6. The highest BCUT2D eigenvalue weighted by Gasteiger charge is 2.50. The van der Waals surface area contributed by atoms with E-state index in [0.29, 0.717) is 10.6 Å². The SMILES string of the molecule is COC(=O)OC1=C(CN2CC(F)(F)C[C@H]2C(=O)O)NC(c2nc(C)cs2)=N[C@@]1(C)c1ccc(F)cc1. The second-order valence-corrected chi connectivity index (χ2v) is 9.50. The molecule has 36 heavy (non-hydrogen) atoms. The molecular weight excluding hydrogens is 501 g/mol. The largest absolute Gasteiger partial charge is 0.513 e. The summed E-state index contributed by atoms with van der Waals surface area (Å²) in [6, 6.07) is 3.87. The summed E-state index contributed by atoms with van der Waals surface area (Å²) >= 11 is 1.28. The number of carbonyl (C=O) groups excluding carboxylic acids is 1. The van der Waals surface area contributed by atoms with Gasteiger partial charge in [0.25, 0.3) is 5.92 Å². The minimum atomic E-state index is -3.22. The number of aliphatic carboxylic acids is 1. The highest BCUT2D eigenvalue weighted by molar-refractivity contribution is 7.11. The Balaban J connectivity index is 1.86. The number of aliphatic imine (C=N–C) groups is 1. The van der Waals surface area contributed by atoms with Crippen LogP contribution < -0.4 is 5.32 Å². The van der Waals surface area contributed by atoms with Crippen molar-refractivity contribution in [2.24, 2.45) is 4.99 Å². The molecule has 2 aliphatic rings. The topological polar surface area (TPSA) is 113 Å². The van der Waals surface area contributed by atoms with Crippen LogP contribution in [0.25, 0.3) is 0 Å². The molecule has 1 saturated heterocycles. The molecule has 192 valence electrons. The van der Waals surface area contributed by atoms with Crippen LogP contribution in [0.15, 0.2) is 46.1 Å². The van der Waals surface area contributed by atoms with E-state index in [1.165, 1.54) is 35.6 Å². The van der Waals surface area contributed by atoms with Crippen molar-refractivity contribution in [3.05, 3.63) is 63.2 Å². The van der Waals surface area contributed by atoms with Crippen LogP contribution in [0.3, 0.4) is 0 Å². The molecule has 1 fully saturated rings. The summed E-state index contributed by atoms with van der Waals surface area (Å²) in [6.07, 6.45) is -1.95. The molecule has 13 heteroatoms. The first-order valence-electron chi connectivity index (χ1n) is 10.8. The lowest BCUT2D eigenvalue weighted by molar-refractivity contribution is -0.142. The molecule has 2 atom stereocenters. The maximum Gasteiger partial charge on any atom is 0.513 e. The summed E-state index contributed by atoms with van der Waals surface area (Å²) in [5.74, 6) is -4.96. The predicted octanol–water partition coefficient (Wildman–Crippen LogP) is 3.64. The standard InChI is InChI=1S/C23H23F3N4O5S/c1-12-10-36-19(27-12)18-28-15(9-30-11-23(25,26)8-16(30)20(31)32)17(35-21(33)34-3)22(2,29-18)13-4-6-14(24)7-5-13/h4-7,10,16H,8-9,11H2,1-3H3,(H,28,29)(H,31,32)/t16-,22-/m0/s1. The lowest BCUT2D eigenvalue weighted by Crippen LogP contribution is -2.46. The van der Waals surface area contributed by atoms with Crippen molar-refractivity contribution in [3.63, 3.8) is 0 Å². The first kappa shape index (κ1) is 25.6. The number of hydrogen-bond donors (Lipinski definition) is 2. The highest BCUT2D eigenvalue weighted by atomic mass is 32.1. The fourth-order valence-corrected chi connectivity index (χ4v) is 4.96. The van der Waals surface area contributed by atoms with Crippen LogP contribution in [0.4, 0.5) is 18.0 Å². The lowest BCUT2D eigenvalue weighted by Gasteiger charge is -2.36. The molecule has 2 aliphatic heterocycles. The zero-order chi connectivity index (χ0) is 26.3. The predicted molar refractivity (Wildman–Crippen MR) is 123 cm³/mol. The number of halogens is 3. The third-order valence-electron chi connectivity index (χ3n) is 5.91. The van der Waals surface area contributed by atoms with Crippen LogP contribution in [0.5, 0.6) is 0 Å². The summed E-state index contributed by atoms with van der Waals surface area (Å²) in [4.78, 5) is 34.2. The number of likely N-dealkylation sites (tertiary alicyclic amines) is 1. The van der Waals surface area contributed by atoms with Crippen LogP contribution in [0.2, 0.25) is 0 Å². The number of benzene rings is 1. The van der Waals surface area contributed by atoms with Gasteiger partial charge >= 0.3 is 12.1 Å². The normalized spacial score (nSPS) is 23.7. The Kier molecular flexibility index (Phi) is 6.80. The van der Waals surface area contributed by atoms with Crippen molar-refractivity contribution in [2.45, 2.75) is 37.8 Å². The number of nitrogens with one attached hydrogen (secondary N) is 1. The Labute approximate surface area is 208 Å². The zero-order valence-corrected chi connectivity index (χ0v) is 20.4. The fourth-order valence-electron chi connectivity index (χ4n) is 4.22. The third-order valence-corrected chi connectivity index (χ3v) is 6.88. The number of carbonyl (C=O) groups is 2. The molecule has 1 aromatic carbocycles. The van der Waals surface area contributed by atoms with Crippen molar-refractivity contribution in [2.75, 3.05) is 20.2 Å². The van der Waals surface area contributed by atoms with Crippen molar-refractivity contribution in [1.29, 1.82) is 0 Å². The van der Waals surface area contributed by atoms with E-state index >= 15 is 0 Å². The van der Waals surface area contributed by atoms with E-state index in [1.54, 1.807) is 19.2 Å². The number of hydrogen-bond acceptors (Lipinski definition) is 9. The van der Waals surface area contributed by atoms with E-state index in [-0.39, 0.29) is 23.8 Å². The number of aryl methyl sites for hydroxylation is 1. The van der Waals surface area contributed by atoms with Gasteiger partial charge in [-0.05, 0) is 31.5 Å². The van der Waals surface area contributed by atoms with Gasteiger partial charge in [0.05, 0.1) is 19.4 Å². The first-order valence-corrected chi connectivity index (χ1v) is 11.7. The fraction of sp³-hybridized carbons (Fsp3) is 0.391. The number of alkyl halides is 2. The number of nitrogens with zero attached hydrogens (tertiary/aromatic N) is 3. The van der Waals surface area contributed by atoms with Crippen LogP contribution >= 0.6 is 11.3 Å². The maximum atomic E-state index is 14.2. The van der Waals surface area contributed by atoms with Gasteiger partial charge < -0.3 is 19.9 Å². The number of amidine groups is 1. The van der Waals surface area contributed by atoms with Crippen LogP contribution in [0, 0.1) is 12.7 Å². The summed E-state index contributed by atoms with van der Waals surface area (Å²) in [6.45, 7) is 2.25. The molecule has 0 unspecified atom stereocenters. The van der Waals surface area contributed by atoms with Crippen molar-refractivity contribution < 1.29 is 37.3 Å². The molecule has 2 N–H and O–H groups in total.